The van der Waals surface area contributed by atoms with Gasteiger partial charge in [-0.2, -0.15) is 0 Å². The predicted octanol–water partition coefficient (Wildman–Crippen LogP) is 1.63. The molecule has 0 aliphatic heterocycles. The summed E-state index contributed by atoms with van der Waals surface area (Å²) in [6.07, 6.45) is 2.00. The Bertz CT molecular complexity index is 338. The second-order valence-corrected chi connectivity index (χ2v) is 3.73. The zero-order valence-corrected chi connectivity index (χ0v) is 9.63. The number of aromatic nitrogens is 2. The van der Waals surface area contributed by atoms with Crippen LogP contribution in [0.3, 0.4) is 0 Å². The van der Waals surface area contributed by atoms with E-state index < -0.39 is 0 Å². The molecule has 0 saturated carbocycles. The van der Waals surface area contributed by atoms with E-state index in [1.54, 1.807) is 6.92 Å². The second-order valence-electron chi connectivity index (χ2n) is 2.94. The number of hydrogen-bond donors (Lipinski definition) is 1. The summed E-state index contributed by atoms with van der Waals surface area (Å²) in [5, 5.41) is 0.966. The van der Waals surface area contributed by atoms with Gasteiger partial charge < -0.3 is 4.74 Å². The fourth-order valence-corrected chi connectivity index (χ4v) is 1.38. The molecule has 0 radical (unpaired) electrons. The summed E-state index contributed by atoms with van der Waals surface area (Å²) in [6, 6.07) is 1.75. The van der Waals surface area contributed by atoms with Crippen LogP contribution in [0.25, 0.3) is 0 Å². The maximum atomic E-state index is 11.0. The van der Waals surface area contributed by atoms with E-state index in [9.17, 15) is 4.79 Å². The van der Waals surface area contributed by atoms with Crippen molar-refractivity contribution in [1.29, 1.82) is 0 Å². The molecule has 0 bridgehead atoms. The Balaban J connectivity index is 2.46. The summed E-state index contributed by atoms with van der Waals surface area (Å²) in [6.45, 7) is 2.35. The molecule has 0 aliphatic rings. The van der Waals surface area contributed by atoms with Crippen molar-refractivity contribution < 1.29 is 4.74 Å². The fourth-order valence-electron chi connectivity index (χ4n) is 0.985. The van der Waals surface area contributed by atoms with Gasteiger partial charge in [0.25, 0.3) is 11.6 Å². The first kappa shape index (κ1) is 11.2. The van der Waals surface area contributed by atoms with Gasteiger partial charge in [-0.3, -0.25) is 9.78 Å². The molecule has 5 heteroatoms. The smallest absolute Gasteiger partial charge is 0.296 e. The molecule has 4 nitrogen and oxygen atoms in total. The number of aryl methyl sites for hydroxylation is 1. The largest absolute Gasteiger partial charge is 0.465 e. The zero-order chi connectivity index (χ0) is 10.4. The maximum absolute atomic E-state index is 11.0. The Kier molecular flexibility index (Phi) is 4.65. The molecule has 1 rings (SSSR count). The van der Waals surface area contributed by atoms with E-state index in [-0.39, 0.29) is 5.56 Å². The van der Waals surface area contributed by atoms with E-state index >= 15 is 0 Å². The summed E-state index contributed by atoms with van der Waals surface area (Å²) in [7, 11) is 0. The first-order valence-electron chi connectivity index (χ1n) is 4.49. The van der Waals surface area contributed by atoms with Crippen LogP contribution in [0.15, 0.2) is 10.9 Å². The molecule has 14 heavy (non-hydrogen) atoms. The average Bonchev–Trinajstić information content (AvgIpc) is 2.11. The second kappa shape index (κ2) is 5.80. The van der Waals surface area contributed by atoms with Crippen molar-refractivity contribution in [1.82, 2.24) is 9.97 Å². The van der Waals surface area contributed by atoms with Crippen LogP contribution in [0, 0.1) is 6.92 Å². The highest BCUT2D eigenvalue weighted by atomic mass is 79.9. The third kappa shape index (κ3) is 3.91. The van der Waals surface area contributed by atoms with Gasteiger partial charge >= 0.3 is 0 Å². The van der Waals surface area contributed by atoms with Gasteiger partial charge in [-0.05, 0) is 19.8 Å². The molecule has 0 aromatic carbocycles. The normalized spacial score (nSPS) is 10.1. The number of hydrogen-bond acceptors (Lipinski definition) is 3. The van der Waals surface area contributed by atoms with E-state index in [1.807, 2.05) is 0 Å². The summed E-state index contributed by atoms with van der Waals surface area (Å²) >= 11 is 3.33. The van der Waals surface area contributed by atoms with Crippen molar-refractivity contribution >= 4 is 15.9 Å². The van der Waals surface area contributed by atoms with Gasteiger partial charge in [-0.15, -0.1) is 0 Å². The van der Waals surface area contributed by atoms with Crippen LogP contribution in [0.2, 0.25) is 0 Å². The first-order valence-corrected chi connectivity index (χ1v) is 5.61. The lowest BCUT2D eigenvalue weighted by atomic mass is 10.4. The molecule has 0 spiro atoms. The Morgan fingerprint density at radius 2 is 2.36 bits per heavy atom. The SMILES string of the molecule is Cc1cc(=O)[nH]c(OCCCCBr)n1. The van der Waals surface area contributed by atoms with Gasteiger partial charge in [0.1, 0.15) is 0 Å². The molecular formula is C9H13BrN2O2. The number of rotatable bonds is 5. The maximum Gasteiger partial charge on any atom is 0.296 e. The fraction of sp³-hybridized carbons (Fsp3) is 0.556. The number of H-pyrrole nitrogens is 1. The van der Waals surface area contributed by atoms with E-state index in [0.717, 1.165) is 18.2 Å². The number of unbranched alkanes of at least 4 members (excludes halogenated alkanes) is 1. The summed E-state index contributed by atoms with van der Waals surface area (Å²) < 4.78 is 5.28. The highest BCUT2D eigenvalue weighted by Gasteiger charge is 1.98. The molecule has 0 unspecified atom stereocenters. The number of aromatic amines is 1. The van der Waals surface area contributed by atoms with Crippen LogP contribution in [-0.4, -0.2) is 21.9 Å². The molecule has 0 aliphatic carbocycles. The van der Waals surface area contributed by atoms with Crippen molar-refractivity contribution in [2.45, 2.75) is 19.8 Å². The van der Waals surface area contributed by atoms with Gasteiger partial charge in [0.05, 0.1) is 6.61 Å². The van der Waals surface area contributed by atoms with Crippen molar-refractivity contribution in [3.8, 4) is 6.01 Å². The molecular weight excluding hydrogens is 248 g/mol. The minimum Gasteiger partial charge on any atom is -0.465 e. The standard InChI is InChI=1S/C9H13BrN2O2/c1-7-6-8(13)12-9(11-7)14-5-3-2-4-10/h6H,2-5H2,1H3,(H,11,12,13). The minimum absolute atomic E-state index is 0.173. The van der Waals surface area contributed by atoms with Gasteiger partial charge in [-0.25, -0.2) is 4.98 Å². The summed E-state index contributed by atoms with van der Waals surface area (Å²) in [5.74, 6) is 0. The molecule has 0 atom stereocenters. The molecule has 0 saturated heterocycles. The van der Waals surface area contributed by atoms with Gasteiger partial charge in [0, 0.05) is 17.1 Å². The van der Waals surface area contributed by atoms with Crippen molar-refractivity contribution in [2.75, 3.05) is 11.9 Å². The number of alkyl halides is 1. The Morgan fingerprint density at radius 1 is 1.57 bits per heavy atom. The van der Waals surface area contributed by atoms with E-state index in [1.165, 1.54) is 6.07 Å². The molecule has 1 N–H and O–H groups in total. The number of ether oxygens (including phenoxy) is 1. The van der Waals surface area contributed by atoms with E-state index in [2.05, 4.69) is 25.9 Å². The van der Waals surface area contributed by atoms with Gasteiger partial charge in [0.15, 0.2) is 0 Å². The minimum atomic E-state index is -0.173. The average molecular weight is 261 g/mol. The predicted molar refractivity (Wildman–Crippen MR) is 58.1 cm³/mol. The first-order chi connectivity index (χ1) is 6.72. The molecule has 0 fully saturated rings. The van der Waals surface area contributed by atoms with E-state index in [4.69, 9.17) is 4.74 Å². The zero-order valence-electron chi connectivity index (χ0n) is 8.05. The lowest BCUT2D eigenvalue weighted by Gasteiger charge is -2.03. The monoisotopic (exact) mass is 260 g/mol. The third-order valence-corrected chi connectivity index (χ3v) is 2.18. The topological polar surface area (TPSA) is 55.0 Å². The quantitative estimate of drug-likeness (QED) is 0.647. The van der Waals surface area contributed by atoms with Crippen LogP contribution in [0.4, 0.5) is 0 Å². The summed E-state index contributed by atoms with van der Waals surface area (Å²) in [5.41, 5.74) is 0.497. The van der Waals surface area contributed by atoms with Crippen LogP contribution in [0.1, 0.15) is 18.5 Å². The van der Waals surface area contributed by atoms with Gasteiger partial charge in [-0.1, -0.05) is 15.9 Å². The lowest BCUT2D eigenvalue weighted by Crippen LogP contribution is -2.11. The number of nitrogens with one attached hydrogen (secondary N) is 1. The van der Waals surface area contributed by atoms with Crippen LogP contribution >= 0.6 is 15.9 Å². The molecule has 1 aromatic rings. The highest BCUT2D eigenvalue weighted by Crippen LogP contribution is 2.01. The van der Waals surface area contributed by atoms with Crippen molar-refractivity contribution in [3.05, 3.63) is 22.1 Å². The Hall–Kier alpha value is -0.840. The van der Waals surface area contributed by atoms with E-state index in [0.29, 0.717) is 18.3 Å². The molecule has 1 heterocycles. The highest BCUT2D eigenvalue weighted by molar-refractivity contribution is 9.09. The lowest BCUT2D eigenvalue weighted by molar-refractivity contribution is 0.284. The van der Waals surface area contributed by atoms with Crippen molar-refractivity contribution in [2.24, 2.45) is 0 Å². The molecule has 1 aromatic heterocycles. The summed E-state index contributed by atoms with van der Waals surface area (Å²) in [4.78, 5) is 17.6. The molecule has 78 valence electrons. The number of nitrogens with zero attached hydrogens (tertiary/aromatic N) is 1. The Labute approximate surface area is 90.8 Å². The Morgan fingerprint density at radius 3 is 3.00 bits per heavy atom. The number of halogens is 1. The van der Waals surface area contributed by atoms with Gasteiger partial charge in [0.2, 0.25) is 0 Å². The third-order valence-electron chi connectivity index (χ3n) is 1.61. The molecule has 0 amide bonds. The van der Waals surface area contributed by atoms with Crippen LogP contribution < -0.4 is 10.3 Å². The van der Waals surface area contributed by atoms with Crippen molar-refractivity contribution in [3.63, 3.8) is 0 Å². The van der Waals surface area contributed by atoms with Crippen LogP contribution in [0.5, 0.6) is 6.01 Å². The van der Waals surface area contributed by atoms with Crippen LogP contribution in [-0.2, 0) is 0 Å².